The van der Waals surface area contributed by atoms with Gasteiger partial charge in [-0.3, -0.25) is 9.69 Å². The summed E-state index contributed by atoms with van der Waals surface area (Å²) in [6.07, 6.45) is -0.801. The molecule has 2 atom stereocenters. The average molecular weight is 328 g/mol. The van der Waals surface area contributed by atoms with Gasteiger partial charge in [-0.1, -0.05) is 42.5 Å². The fraction of sp³-hybridized carbons (Fsp3) is 0.316. The molecule has 0 aromatic heterocycles. The molecule has 0 unspecified atom stereocenters. The van der Waals surface area contributed by atoms with Crippen molar-refractivity contribution in [2.24, 2.45) is 5.73 Å². The second kappa shape index (κ2) is 7.01. The zero-order valence-electron chi connectivity index (χ0n) is 13.6. The number of hydrogen-bond donors (Lipinski definition) is 1. The number of carbonyl (C=O) groups excluding carboxylic acids is 1. The summed E-state index contributed by atoms with van der Waals surface area (Å²) < 4.78 is 19.0. The van der Waals surface area contributed by atoms with Crippen LogP contribution in [-0.4, -0.2) is 36.7 Å². The van der Waals surface area contributed by atoms with E-state index in [-0.39, 0.29) is 13.0 Å². The van der Waals surface area contributed by atoms with E-state index in [2.05, 4.69) is 0 Å². The third-order valence-electron chi connectivity index (χ3n) is 4.44. The molecule has 0 aliphatic carbocycles. The van der Waals surface area contributed by atoms with Crippen molar-refractivity contribution in [1.82, 2.24) is 4.90 Å². The fourth-order valence-electron chi connectivity index (χ4n) is 3.23. The minimum Gasteiger partial charge on any atom is -0.496 e. The first kappa shape index (κ1) is 16.5. The van der Waals surface area contributed by atoms with E-state index in [1.807, 2.05) is 53.4 Å². The molecule has 2 aromatic carbocycles. The predicted molar refractivity (Wildman–Crippen MR) is 91.3 cm³/mol. The Morgan fingerprint density at radius 2 is 1.96 bits per heavy atom. The van der Waals surface area contributed by atoms with Gasteiger partial charge < -0.3 is 10.5 Å². The maximum atomic E-state index is 13.6. The van der Waals surface area contributed by atoms with E-state index in [1.54, 1.807) is 7.11 Å². The highest BCUT2D eigenvalue weighted by Crippen LogP contribution is 2.30. The summed E-state index contributed by atoms with van der Waals surface area (Å²) in [5.41, 5.74) is 8.47. The number of alkyl halides is 1. The molecule has 0 spiro atoms. The smallest absolute Gasteiger partial charge is 0.234 e. The topological polar surface area (TPSA) is 55.6 Å². The molecule has 0 radical (unpaired) electrons. The van der Waals surface area contributed by atoms with E-state index in [9.17, 15) is 9.18 Å². The summed E-state index contributed by atoms with van der Waals surface area (Å²) in [5, 5.41) is 0. The van der Waals surface area contributed by atoms with Gasteiger partial charge in [0.15, 0.2) is 0 Å². The number of benzene rings is 2. The largest absolute Gasteiger partial charge is 0.496 e. The van der Waals surface area contributed by atoms with E-state index >= 15 is 0 Å². The van der Waals surface area contributed by atoms with Crippen LogP contribution in [0.15, 0.2) is 48.5 Å². The van der Waals surface area contributed by atoms with Crippen LogP contribution in [-0.2, 0) is 11.3 Å². The first-order valence-corrected chi connectivity index (χ1v) is 7.98. The Balaban J connectivity index is 1.76. The number of rotatable bonds is 5. The molecular weight excluding hydrogens is 307 g/mol. The maximum Gasteiger partial charge on any atom is 0.234 e. The molecule has 3 rings (SSSR count). The fourth-order valence-corrected chi connectivity index (χ4v) is 3.23. The lowest BCUT2D eigenvalue weighted by atomic mass is 10.0. The van der Waals surface area contributed by atoms with Crippen LogP contribution in [0.25, 0.3) is 11.1 Å². The van der Waals surface area contributed by atoms with E-state index in [0.717, 1.165) is 22.4 Å². The number of nitrogens with zero attached hydrogens (tertiary/aromatic N) is 1. The molecule has 2 N–H and O–H groups in total. The molecule has 4 nitrogen and oxygen atoms in total. The monoisotopic (exact) mass is 328 g/mol. The van der Waals surface area contributed by atoms with Crippen LogP contribution in [0.4, 0.5) is 4.39 Å². The van der Waals surface area contributed by atoms with Crippen LogP contribution < -0.4 is 10.5 Å². The quantitative estimate of drug-likeness (QED) is 0.918. The lowest BCUT2D eigenvalue weighted by molar-refractivity contribution is -0.122. The van der Waals surface area contributed by atoms with E-state index < -0.39 is 18.1 Å². The molecule has 1 amide bonds. The van der Waals surface area contributed by atoms with Gasteiger partial charge in [-0.15, -0.1) is 0 Å². The zero-order valence-corrected chi connectivity index (χ0v) is 13.6. The molecule has 126 valence electrons. The van der Waals surface area contributed by atoms with Crippen LogP contribution in [0, 0.1) is 0 Å². The molecule has 1 saturated heterocycles. The van der Waals surface area contributed by atoms with Crippen molar-refractivity contribution >= 4 is 5.91 Å². The summed E-state index contributed by atoms with van der Waals surface area (Å²) in [6.45, 7) is 0.766. The van der Waals surface area contributed by atoms with Crippen LogP contribution in [0.2, 0.25) is 0 Å². The minimum absolute atomic E-state index is 0.189. The lowest BCUT2D eigenvalue weighted by Crippen LogP contribution is -2.39. The van der Waals surface area contributed by atoms with Crippen molar-refractivity contribution in [3.63, 3.8) is 0 Å². The van der Waals surface area contributed by atoms with Crippen molar-refractivity contribution in [3.05, 3.63) is 54.1 Å². The van der Waals surface area contributed by atoms with E-state index in [1.165, 1.54) is 0 Å². The molecule has 5 heteroatoms. The first-order valence-electron chi connectivity index (χ1n) is 7.98. The SMILES string of the molecule is COc1ccccc1-c1ccc(CN2C[C@H](F)C[C@H]2C(N)=O)cc1. The number of nitrogens with two attached hydrogens (primary N) is 1. The maximum absolute atomic E-state index is 13.6. The van der Waals surface area contributed by atoms with Gasteiger partial charge in [-0.2, -0.15) is 0 Å². The third kappa shape index (κ3) is 3.41. The van der Waals surface area contributed by atoms with Crippen molar-refractivity contribution < 1.29 is 13.9 Å². The van der Waals surface area contributed by atoms with Gasteiger partial charge in [-0.05, 0) is 17.2 Å². The van der Waals surface area contributed by atoms with Crippen LogP contribution >= 0.6 is 0 Å². The van der Waals surface area contributed by atoms with Gasteiger partial charge in [0, 0.05) is 25.1 Å². The summed E-state index contributed by atoms with van der Waals surface area (Å²) >= 11 is 0. The van der Waals surface area contributed by atoms with E-state index in [4.69, 9.17) is 10.5 Å². The van der Waals surface area contributed by atoms with Gasteiger partial charge in [-0.25, -0.2) is 4.39 Å². The number of likely N-dealkylation sites (tertiary alicyclic amines) is 1. The highest BCUT2D eigenvalue weighted by molar-refractivity contribution is 5.80. The molecule has 0 bridgehead atoms. The Kier molecular flexibility index (Phi) is 4.81. The van der Waals surface area contributed by atoms with Gasteiger partial charge in [0.1, 0.15) is 11.9 Å². The van der Waals surface area contributed by atoms with Crippen LogP contribution in [0.1, 0.15) is 12.0 Å². The molecule has 1 aliphatic heterocycles. The standard InChI is InChI=1S/C19H21FN2O2/c1-24-18-5-3-2-4-16(18)14-8-6-13(7-9-14)11-22-12-15(20)10-17(22)19(21)23/h2-9,15,17H,10-12H2,1H3,(H2,21,23)/t15-,17+/m1/s1. The van der Waals surface area contributed by atoms with Gasteiger partial charge in [0.05, 0.1) is 13.2 Å². The number of hydrogen-bond acceptors (Lipinski definition) is 3. The van der Waals surface area contributed by atoms with E-state index in [0.29, 0.717) is 6.54 Å². The summed E-state index contributed by atoms with van der Waals surface area (Å²) in [7, 11) is 1.65. The Morgan fingerprint density at radius 1 is 1.25 bits per heavy atom. The second-order valence-electron chi connectivity index (χ2n) is 6.08. The van der Waals surface area contributed by atoms with Gasteiger partial charge >= 0.3 is 0 Å². The van der Waals surface area contributed by atoms with Gasteiger partial charge in [0.25, 0.3) is 0 Å². The molecule has 0 saturated carbocycles. The predicted octanol–water partition coefficient (Wildman–Crippen LogP) is 2.76. The van der Waals surface area contributed by atoms with Crippen molar-refractivity contribution in [2.45, 2.75) is 25.2 Å². The molecule has 24 heavy (non-hydrogen) atoms. The highest BCUT2D eigenvalue weighted by Gasteiger charge is 2.35. The number of amides is 1. The average Bonchev–Trinajstić information content (AvgIpc) is 2.96. The number of ether oxygens (including phenoxy) is 1. The number of primary amides is 1. The summed E-state index contributed by atoms with van der Waals surface area (Å²) in [6, 6.07) is 15.3. The van der Waals surface area contributed by atoms with Crippen molar-refractivity contribution in [2.75, 3.05) is 13.7 Å². The second-order valence-corrected chi connectivity index (χ2v) is 6.08. The highest BCUT2D eigenvalue weighted by atomic mass is 19.1. The Morgan fingerprint density at radius 3 is 2.62 bits per heavy atom. The van der Waals surface area contributed by atoms with Crippen LogP contribution in [0.5, 0.6) is 5.75 Å². The Labute approximate surface area is 141 Å². The van der Waals surface area contributed by atoms with Crippen molar-refractivity contribution in [1.29, 1.82) is 0 Å². The third-order valence-corrected chi connectivity index (χ3v) is 4.44. The molecular formula is C19H21FN2O2. The van der Waals surface area contributed by atoms with Crippen molar-refractivity contribution in [3.8, 4) is 16.9 Å². The van der Waals surface area contributed by atoms with Gasteiger partial charge in [0.2, 0.25) is 5.91 Å². The Hall–Kier alpha value is -2.40. The molecule has 1 aliphatic rings. The first-order chi connectivity index (χ1) is 11.6. The number of carbonyl (C=O) groups is 1. The Bertz CT molecular complexity index is 718. The molecule has 2 aromatic rings. The number of halogens is 1. The number of para-hydroxylation sites is 1. The molecule has 1 heterocycles. The lowest BCUT2D eigenvalue weighted by Gasteiger charge is -2.21. The zero-order chi connectivity index (χ0) is 17.1. The number of methoxy groups -OCH3 is 1. The molecule has 1 fully saturated rings. The summed E-state index contributed by atoms with van der Waals surface area (Å²) in [4.78, 5) is 13.3. The summed E-state index contributed by atoms with van der Waals surface area (Å²) in [5.74, 6) is 0.361. The normalized spacial score (nSPS) is 20.9. The van der Waals surface area contributed by atoms with Crippen LogP contribution in [0.3, 0.4) is 0 Å². The minimum atomic E-state index is -0.990.